The predicted molar refractivity (Wildman–Crippen MR) is 106 cm³/mol. The molecule has 2 aromatic carbocycles. The molecule has 0 saturated heterocycles. The van der Waals surface area contributed by atoms with Crippen molar-refractivity contribution in [3.8, 4) is 0 Å². The summed E-state index contributed by atoms with van der Waals surface area (Å²) >= 11 is 0. The molecule has 7 heteroatoms. The van der Waals surface area contributed by atoms with Gasteiger partial charge < -0.3 is 10.6 Å². The third-order valence-corrected chi connectivity index (χ3v) is 6.11. The molecular formula is C20H25N3O3S. The van der Waals surface area contributed by atoms with Gasteiger partial charge in [0, 0.05) is 12.2 Å². The number of rotatable bonds is 6. The minimum atomic E-state index is -3.77. The first-order valence-electron chi connectivity index (χ1n) is 9.06. The van der Waals surface area contributed by atoms with Crippen molar-refractivity contribution < 1.29 is 13.2 Å². The largest absolute Gasteiger partial charge is 0.383 e. The summed E-state index contributed by atoms with van der Waals surface area (Å²) < 4.78 is 27.8. The van der Waals surface area contributed by atoms with Crippen molar-refractivity contribution >= 4 is 21.6 Å². The molecule has 0 aliphatic carbocycles. The summed E-state index contributed by atoms with van der Waals surface area (Å²) in [6, 6.07) is 15.1. The van der Waals surface area contributed by atoms with E-state index in [0.717, 1.165) is 11.3 Å². The fraction of sp³-hybridized carbons (Fsp3) is 0.350. The van der Waals surface area contributed by atoms with E-state index in [1.165, 1.54) is 12.1 Å². The molecule has 3 N–H and O–H groups in total. The van der Waals surface area contributed by atoms with Gasteiger partial charge in [0.1, 0.15) is 6.04 Å². The molecule has 1 aliphatic rings. The Balaban J connectivity index is 1.69. The van der Waals surface area contributed by atoms with Gasteiger partial charge in [-0.2, -0.15) is 4.72 Å². The Morgan fingerprint density at radius 2 is 1.74 bits per heavy atom. The maximum absolute atomic E-state index is 12.8. The van der Waals surface area contributed by atoms with Gasteiger partial charge >= 0.3 is 0 Å². The first-order chi connectivity index (χ1) is 12.9. The third kappa shape index (κ3) is 4.67. The summed E-state index contributed by atoms with van der Waals surface area (Å²) in [5, 5.41) is 6.29. The van der Waals surface area contributed by atoms with Crippen LogP contribution in [0.25, 0.3) is 0 Å². The second-order valence-electron chi connectivity index (χ2n) is 7.10. The Labute approximate surface area is 160 Å². The smallest absolute Gasteiger partial charge is 0.241 e. The van der Waals surface area contributed by atoms with Crippen LogP contribution in [0.5, 0.6) is 0 Å². The van der Waals surface area contributed by atoms with Gasteiger partial charge in [0.15, 0.2) is 0 Å². The Morgan fingerprint density at radius 3 is 2.44 bits per heavy atom. The van der Waals surface area contributed by atoms with Gasteiger partial charge in [0.25, 0.3) is 0 Å². The van der Waals surface area contributed by atoms with Crippen molar-refractivity contribution in [1.29, 1.82) is 0 Å². The van der Waals surface area contributed by atoms with Crippen molar-refractivity contribution in [3.05, 3.63) is 60.2 Å². The molecule has 1 aliphatic heterocycles. The summed E-state index contributed by atoms with van der Waals surface area (Å²) in [5.41, 5.74) is 2.22. The molecule has 0 aromatic heterocycles. The van der Waals surface area contributed by atoms with E-state index in [1.807, 2.05) is 38.1 Å². The van der Waals surface area contributed by atoms with Crippen LogP contribution in [-0.2, 0) is 21.2 Å². The molecule has 1 heterocycles. The molecule has 2 atom stereocenters. The van der Waals surface area contributed by atoms with Crippen LogP contribution in [0.1, 0.15) is 19.4 Å². The number of hydrogen-bond donors (Lipinski definition) is 3. The van der Waals surface area contributed by atoms with E-state index in [1.54, 1.807) is 18.2 Å². The number of fused-ring (bicyclic) bond motifs is 1. The van der Waals surface area contributed by atoms with Gasteiger partial charge in [-0.1, -0.05) is 50.2 Å². The average molecular weight is 388 g/mol. The number of hydrogen-bond acceptors (Lipinski definition) is 4. The maximum Gasteiger partial charge on any atom is 0.241 e. The number of amides is 1. The zero-order valence-electron chi connectivity index (χ0n) is 15.5. The van der Waals surface area contributed by atoms with Gasteiger partial charge in [0.05, 0.1) is 10.9 Å². The highest BCUT2D eigenvalue weighted by molar-refractivity contribution is 7.89. The van der Waals surface area contributed by atoms with E-state index < -0.39 is 16.1 Å². The molecule has 0 bridgehead atoms. The molecule has 3 rings (SSSR count). The number of carbonyl (C=O) groups is 1. The van der Waals surface area contributed by atoms with Gasteiger partial charge in [-0.05, 0) is 36.1 Å². The van der Waals surface area contributed by atoms with Crippen LogP contribution in [0, 0.1) is 5.92 Å². The summed E-state index contributed by atoms with van der Waals surface area (Å²) in [7, 11) is -3.77. The quantitative estimate of drug-likeness (QED) is 0.709. The number of carbonyl (C=O) groups excluding carboxylic acids is 1. The topological polar surface area (TPSA) is 87.3 Å². The summed E-state index contributed by atoms with van der Waals surface area (Å²) in [6.07, 6.45) is 0.713. The van der Waals surface area contributed by atoms with E-state index in [2.05, 4.69) is 15.4 Å². The molecule has 1 amide bonds. The number of sulfonamides is 1. The molecule has 0 radical (unpaired) electrons. The monoisotopic (exact) mass is 387 g/mol. The fourth-order valence-electron chi connectivity index (χ4n) is 3.16. The first-order valence-corrected chi connectivity index (χ1v) is 10.5. The van der Waals surface area contributed by atoms with Crippen molar-refractivity contribution in [3.63, 3.8) is 0 Å². The third-order valence-electron chi connectivity index (χ3n) is 4.65. The summed E-state index contributed by atoms with van der Waals surface area (Å²) in [6.45, 7) is 4.26. The second kappa shape index (κ2) is 8.10. The fourth-order valence-corrected chi connectivity index (χ4v) is 4.53. The lowest BCUT2D eigenvalue weighted by atomic mass is 9.98. The molecule has 0 fully saturated rings. The number of nitrogens with one attached hydrogen (secondary N) is 3. The molecule has 2 unspecified atom stereocenters. The molecular weight excluding hydrogens is 362 g/mol. The van der Waals surface area contributed by atoms with E-state index in [9.17, 15) is 13.2 Å². The van der Waals surface area contributed by atoms with Crippen LogP contribution < -0.4 is 15.4 Å². The number of benzene rings is 2. The summed E-state index contributed by atoms with van der Waals surface area (Å²) in [5.74, 6) is -0.497. The van der Waals surface area contributed by atoms with E-state index >= 15 is 0 Å². The van der Waals surface area contributed by atoms with Gasteiger partial charge in [-0.25, -0.2) is 8.42 Å². The maximum atomic E-state index is 12.8. The second-order valence-corrected chi connectivity index (χ2v) is 8.82. The molecule has 2 aromatic rings. The van der Waals surface area contributed by atoms with Crippen LogP contribution >= 0.6 is 0 Å². The normalized spacial score (nSPS) is 17.7. The molecule has 0 saturated carbocycles. The minimum Gasteiger partial charge on any atom is -0.383 e. The Kier molecular flexibility index (Phi) is 5.82. The van der Waals surface area contributed by atoms with Crippen molar-refractivity contribution in [2.75, 3.05) is 11.9 Å². The zero-order valence-corrected chi connectivity index (χ0v) is 16.3. The highest BCUT2D eigenvalue weighted by Crippen LogP contribution is 2.21. The number of anilines is 1. The average Bonchev–Trinajstić information content (AvgIpc) is 2.66. The van der Waals surface area contributed by atoms with Crippen LogP contribution in [0.2, 0.25) is 0 Å². The van der Waals surface area contributed by atoms with Crippen LogP contribution in [-0.4, -0.2) is 33.0 Å². The van der Waals surface area contributed by atoms with Gasteiger partial charge in [-0.15, -0.1) is 0 Å². The predicted octanol–water partition coefficient (Wildman–Crippen LogP) is 2.14. The highest BCUT2D eigenvalue weighted by Gasteiger charge is 2.30. The van der Waals surface area contributed by atoms with Crippen LogP contribution in [0.15, 0.2) is 59.5 Å². The van der Waals surface area contributed by atoms with Crippen LogP contribution in [0.4, 0.5) is 5.69 Å². The SMILES string of the molecule is CC(C)C(NS(=O)(=O)c1ccccc1)C(=O)NC1CNc2ccccc2C1. The first kappa shape index (κ1) is 19.4. The number of para-hydroxylation sites is 1. The molecule has 144 valence electrons. The molecule has 27 heavy (non-hydrogen) atoms. The van der Waals surface area contributed by atoms with Crippen molar-refractivity contribution in [2.24, 2.45) is 5.92 Å². The van der Waals surface area contributed by atoms with E-state index in [4.69, 9.17) is 0 Å². The van der Waals surface area contributed by atoms with Gasteiger partial charge in [0.2, 0.25) is 15.9 Å². The Bertz CT molecular complexity index is 898. The van der Waals surface area contributed by atoms with Crippen molar-refractivity contribution in [2.45, 2.75) is 37.2 Å². The van der Waals surface area contributed by atoms with Gasteiger partial charge in [-0.3, -0.25) is 4.79 Å². The van der Waals surface area contributed by atoms with Crippen LogP contribution in [0.3, 0.4) is 0 Å². The standard InChI is InChI=1S/C20H25N3O3S/c1-14(2)19(23-27(25,26)17-9-4-3-5-10-17)20(24)22-16-12-15-8-6-7-11-18(15)21-13-16/h3-11,14,16,19,21,23H,12-13H2,1-2H3,(H,22,24). The molecule has 0 spiro atoms. The Morgan fingerprint density at radius 1 is 1.07 bits per heavy atom. The Hall–Kier alpha value is -2.38. The minimum absolute atomic E-state index is 0.0881. The lowest BCUT2D eigenvalue weighted by molar-refractivity contribution is -0.124. The lowest BCUT2D eigenvalue weighted by Gasteiger charge is -2.29. The highest BCUT2D eigenvalue weighted by atomic mass is 32.2. The summed E-state index contributed by atoms with van der Waals surface area (Å²) in [4.78, 5) is 13.0. The van der Waals surface area contributed by atoms with Crippen molar-refractivity contribution in [1.82, 2.24) is 10.0 Å². The lowest BCUT2D eigenvalue weighted by Crippen LogP contribution is -2.54. The van der Waals surface area contributed by atoms with E-state index in [0.29, 0.717) is 13.0 Å². The molecule has 6 nitrogen and oxygen atoms in total. The van der Waals surface area contributed by atoms with E-state index in [-0.39, 0.29) is 22.8 Å². The zero-order chi connectivity index (χ0) is 19.4.